The van der Waals surface area contributed by atoms with Gasteiger partial charge in [-0.15, -0.1) is 11.3 Å². The van der Waals surface area contributed by atoms with Gasteiger partial charge in [0.25, 0.3) is 0 Å². The second kappa shape index (κ2) is 10.2. The van der Waals surface area contributed by atoms with E-state index in [1.165, 1.54) is 11.3 Å². The fourth-order valence-corrected chi connectivity index (χ4v) is 9.55. The smallest absolute Gasteiger partial charge is 0.230 e. The standard InChI is InChI=1S/C33H37N3O7S/c1-15(2)22-26(39)21(29(34)42)27(40)33(43)28(41)23-25(38)20-17(12-31(23,3)14-32(22,33)4)10-11-18(24(20)37)35-30-36-19(13-44-30)16-8-6-5-7-9-16/h5-11,13,15,21-23,26,28,37,39,41,43H,12,14H2,1-4H3,(H2,34,42)(H,35,36)/t21-,22+,23-,26?,28?,31-,32-,33+/m1/s1. The minimum atomic E-state index is -2.54. The SMILES string of the molecule is CC(C)[C@H]1C(O)[C@@H](C(N)=O)C(=O)[C@]2(O)C(O)[C@H]3C(=O)c4c(ccc(Nc5nc(-c6ccccc6)cs5)c4O)C[C@]3(C)C[C@]12C. The van der Waals surface area contributed by atoms with E-state index in [4.69, 9.17) is 5.73 Å². The van der Waals surface area contributed by atoms with Crippen LogP contribution in [0.4, 0.5) is 10.8 Å². The molecule has 1 amide bonds. The Bertz CT molecular complexity index is 1670. The number of benzene rings is 2. The Balaban J connectivity index is 1.40. The van der Waals surface area contributed by atoms with Crippen molar-refractivity contribution in [2.24, 2.45) is 40.2 Å². The van der Waals surface area contributed by atoms with Crippen LogP contribution in [-0.4, -0.2) is 60.7 Å². The van der Waals surface area contributed by atoms with Gasteiger partial charge in [-0.05, 0) is 41.7 Å². The molecule has 1 aromatic heterocycles. The Morgan fingerprint density at radius 1 is 1.11 bits per heavy atom. The van der Waals surface area contributed by atoms with E-state index in [0.29, 0.717) is 10.7 Å². The zero-order valence-corrected chi connectivity index (χ0v) is 25.8. The number of phenols is 1. The number of nitrogens with one attached hydrogen (secondary N) is 1. The molecule has 3 aliphatic carbocycles. The summed E-state index contributed by atoms with van der Waals surface area (Å²) in [4.78, 5) is 45.1. The minimum Gasteiger partial charge on any atom is -0.505 e. The average molecular weight is 620 g/mol. The van der Waals surface area contributed by atoms with Gasteiger partial charge >= 0.3 is 0 Å². The Morgan fingerprint density at radius 3 is 2.43 bits per heavy atom. The molecule has 0 aliphatic heterocycles. The van der Waals surface area contributed by atoms with Gasteiger partial charge in [-0.1, -0.05) is 64.1 Å². The van der Waals surface area contributed by atoms with Gasteiger partial charge in [-0.25, -0.2) is 4.98 Å². The van der Waals surface area contributed by atoms with Gasteiger partial charge in [0.2, 0.25) is 5.91 Å². The van der Waals surface area contributed by atoms with Crippen LogP contribution in [0.2, 0.25) is 0 Å². The fourth-order valence-electron chi connectivity index (χ4n) is 8.81. The number of rotatable bonds is 5. The Hall–Kier alpha value is -3.64. The largest absolute Gasteiger partial charge is 0.505 e. The molecule has 10 nitrogen and oxygen atoms in total. The van der Waals surface area contributed by atoms with E-state index < -0.39 is 63.9 Å². The van der Waals surface area contributed by atoms with Gasteiger partial charge in [0.1, 0.15) is 17.8 Å². The first-order valence-corrected chi connectivity index (χ1v) is 15.6. The molecule has 3 aliphatic rings. The van der Waals surface area contributed by atoms with Crippen molar-refractivity contribution < 1.29 is 34.8 Å². The Morgan fingerprint density at radius 2 is 1.80 bits per heavy atom. The second-order valence-electron chi connectivity index (χ2n) is 13.5. The second-order valence-corrected chi connectivity index (χ2v) is 14.4. The molecule has 0 saturated heterocycles. The molecule has 11 heteroatoms. The third-order valence-corrected chi connectivity index (χ3v) is 11.2. The highest BCUT2D eigenvalue weighted by Gasteiger charge is 2.75. The average Bonchev–Trinajstić information content (AvgIpc) is 3.41. The summed E-state index contributed by atoms with van der Waals surface area (Å²) in [5.41, 5.74) is 3.15. The summed E-state index contributed by atoms with van der Waals surface area (Å²) in [5, 5.41) is 52.3. The van der Waals surface area contributed by atoms with Crippen molar-refractivity contribution in [3.05, 3.63) is 59.0 Å². The number of hydrogen-bond acceptors (Lipinski definition) is 10. The number of primary amides is 1. The van der Waals surface area contributed by atoms with Gasteiger partial charge in [-0.2, -0.15) is 0 Å². The van der Waals surface area contributed by atoms with Crippen LogP contribution in [-0.2, 0) is 16.0 Å². The number of aliphatic hydroxyl groups is 3. The maximum atomic E-state index is 14.3. The number of Topliss-reactive ketones (excluding diaryl/α,β-unsaturated/α-hetero) is 2. The molecule has 3 aromatic rings. The first-order valence-electron chi connectivity index (χ1n) is 14.7. The highest BCUT2D eigenvalue weighted by molar-refractivity contribution is 7.14. The number of amides is 1. The van der Waals surface area contributed by atoms with Gasteiger partial charge < -0.3 is 31.5 Å². The van der Waals surface area contributed by atoms with Crippen LogP contribution in [0, 0.1) is 34.5 Å². The van der Waals surface area contributed by atoms with Crippen molar-refractivity contribution in [2.75, 3.05) is 5.32 Å². The van der Waals surface area contributed by atoms with E-state index >= 15 is 0 Å². The minimum absolute atomic E-state index is 0.00118. The molecule has 0 radical (unpaired) electrons. The van der Waals surface area contributed by atoms with Crippen LogP contribution in [0.3, 0.4) is 0 Å². The number of anilines is 2. The molecular weight excluding hydrogens is 582 g/mol. The van der Waals surface area contributed by atoms with Crippen LogP contribution in [0.25, 0.3) is 11.3 Å². The fraction of sp³-hybridized carbons (Fsp3) is 0.455. The van der Waals surface area contributed by atoms with Crippen molar-refractivity contribution in [1.82, 2.24) is 4.98 Å². The monoisotopic (exact) mass is 619 g/mol. The zero-order chi connectivity index (χ0) is 31.9. The van der Waals surface area contributed by atoms with Gasteiger partial charge in [0, 0.05) is 16.4 Å². The highest BCUT2D eigenvalue weighted by Crippen LogP contribution is 2.65. The summed E-state index contributed by atoms with van der Waals surface area (Å²) in [7, 11) is 0. The van der Waals surface area contributed by atoms with Gasteiger partial charge in [-0.3, -0.25) is 14.4 Å². The first-order chi connectivity index (χ1) is 20.7. The quantitative estimate of drug-likeness (QED) is 0.184. The van der Waals surface area contributed by atoms with Crippen LogP contribution in [0.1, 0.15) is 50.0 Å². The molecule has 232 valence electrons. The number of fused-ring (bicyclic) bond motifs is 3. The molecule has 2 fully saturated rings. The van der Waals surface area contributed by atoms with Crippen LogP contribution < -0.4 is 11.1 Å². The molecular formula is C33H37N3O7S. The van der Waals surface area contributed by atoms with Crippen molar-refractivity contribution in [1.29, 1.82) is 0 Å². The van der Waals surface area contributed by atoms with Crippen LogP contribution in [0.15, 0.2) is 47.8 Å². The summed E-state index contributed by atoms with van der Waals surface area (Å²) >= 11 is 1.33. The predicted octanol–water partition coefficient (Wildman–Crippen LogP) is 3.44. The molecule has 2 unspecified atom stereocenters. The molecule has 0 spiro atoms. The lowest BCUT2D eigenvalue weighted by molar-refractivity contribution is -0.265. The number of carbonyl (C=O) groups is 3. The van der Waals surface area contributed by atoms with E-state index in [2.05, 4.69) is 10.3 Å². The lowest BCUT2D eigenvalue weighted by Crippen LogP contribution is -2.79. The zero-order valence-electron chi connectivity index (χ0n) is 24.9. The molecule has 8 atom stereocenters. The van der Waals surface area contributed by atoms with E-state index in [1.807, 2.05) is 56.5 Å². The van der Waals surface area contributed by atoms with E-state index in [0.717, 1.165) is 11.3 Å². The molecule has 0 bridgehead atoms. The van der Waals surface area contributed by atoms with Gasteiger partial charge in [0.15, 0.2) is 22.3 Å². The normalized spacial score (nSPS) is 34.7. The van der Waals surface area contributed by atoms with Crippen molar-refractivity contribution in [3.63, 3.8) is 0 Å². The number of thiazole rings is 1. The number of nitrogens with two attached hydrogens (primary N) is 1. The molecule has 2 saturated carbocycles. The molecule has 2 aromatic carbocycles. The third-order valence-electron chi connectivity index (χ3n) is 10.5. The van der Waals surface area contributed by atoms with E-state index in [1.54, 1.807) is 19.1 Å². The van der Waals surface area contributed by atoms with Crippen LogP contribution in [0.5, 0.6) is 5.75 Å². The third kappa shape index (κ3) is 4.09. The van der Waals surface area contributed by atoms with Crippen molar-refractivity contribution >= 4 is 39.6 Å². The number of aliphatic hydroxyl groups excluding tert-OH is 2. The lowest BCUT2D eigenvalue weighted by atomic mass is 9.39. The number of aromatic nitrogens is 1. The maximum absolute atomic E-state index is 14.3. The van der Waals surface area contributed by atoms with E-state index in [-0.39, 0.29) is 35.8 Å². The number of phenolic OH excluding ortho intramolecular Hbond substituents is 1. The first kappa shape index (κ1) is 30.4. The summed E-state index contributed by atoms with van der Waals surface area (Å²) < 4.78 is 0. The van der Waals surface area contributed by atoms with Crippen molar-refractivity contribution in [2.45, 2.75) is 58.3 Å². The van der Waals surface area contributed by atoms with Gasteiger partial charge in [0.05, 0.1) is 29.0 Å². The van der Waals surface area contributed by atoms with Crippen molar-refractivity contribution in [3.8, 4) is 17.0 Å². The summed E-state index contributed by atoms with van der Waals surface area (Å²) in [5.74, 6) is -7.23. The molecule has 1 heterocycles. The molecule has 7 N–H and O–H groups in total. The number of nitrogens with zero attached hydrogens (tertiary/aromatic N) is 1. The number of aromatic hydroxyl groups is 1. The maximum Gasteiger partial charge on any atom is 0.230 e. The predicted molar refractivity (Wildman–Crippen MR) is 164 cm³/mol. The Kier molecular flexibility index (Phi) is 7.04. The van der Waals surface area contributed by atoms with E-state index in [9.17, 15) is 34.8 Å². The Labute approximate surface area is 259 Å². The summed E-state index contributed by atoms with van der Waals surface area (Å²) in [6, 6.07) is 13.0. The molecule has 44 heavy (non-hydrogen) atoms. The van der Waals surface area contributed by atoms with Crippen LogP contribution >= 0.6 is 11.3 Å². The number of carbonyl (C=O) groups excluding carboxylic acids is 3. The lowest BCUT2D eigenvalue weighted by Gasteiger charge is -2.66. The summed E-state index contributed by atoms with van der Waals surface area (Å²) in [6.45, 7) is 7.09. The summed E-state index contributed by atoms with van der Waals surface area (Å²) in [6.07, 6.45) is -3.02. The number of ketones is 2. The topological polar surface area (TPSA) is 183 Å². The number of hydrogen-bond donors (Lipinski definition) is 6. The molecule has 6 rings (SSSR count). The highest BCUT2D eigenvalue weighted by atomic mass is 32.1.